The molecular weight excluding hydrogens is 350 g/mol. The number of rotatable bonds is 5. The Balaban J connectivity index is 1.67. The van der Waals surface area contributed by atoms with Crippen molar-refractivity contribution in [3.05, 3.63) is 71.3 Å². The summed E-state index contributed by atoms with van der Waals surface area (Å²) in [7, 11) is 0. The Kier molecular flexibility index (Phi) is 5.87. The molecule has 0 aromatic heterocycles. The number of likely N-dealkylation sites (tertiary alicyclic amines) is 1. The zero-order valence-electron chi connectivity index (χ0n) is 15.3. The lowest BCUT2D eigenvalue weighted by atomic mass is 9.80. The molecule has 2 aromatic carbocycles. The number of β-amino-alcohol motifs (C(OH)–C–C–N with tert-alkyl or cyclic N) is 1. The van der Waals surface area contributed by atoms with E-state index in [1.54, 1.807) is 0 Å². The lowest BCUT2D eigenvalue weighted by Crippen LogP contribution is -2.53. The first kappa shape index (κ1) is 19.5. The number of hydrogen-bond donors (Lipinski definition) is 2. The maximum absolute atomic E-state index is 13.4. The summed E-state index contributed by atoms with van der Waals surface area (Å²) in [4.78, 5) is 13.8. The van der Waals surface area contributed by atoms with Crippen LogP contribution in [0.2, 0.25) is 0 Å². The third kappa shape index (κ3) is 4.51. The van der Waals surface area contributed by atoms with E-state index < -0.39 is 23.3 Å². The monoisotopic (exact) mass is 374 g/mol. The van der Waals surface area contributed by atoms with Crippen molar-refractivity contribution in [3.8, 4) is 0 Å². The number of nitrogens with zero attached hydrogens (tertiary/aromatic N) is 1. The molecule has 1 heterocycles. The molecule has 0 aliphatic carbocycles. The van der Waals surface area contributed by atoms with Gasteiger partial charge in [-0.3, -0.25) is 4.79 Å². The van der Waals surface area contributed by atoms with Crippen LogP contribution in [0, 0.1) is 11.6 Å². The first-order valence-corrected chi connectivity index (χ1v) is 9.09. The van der Waals surface area contributed by atoms with Crippen LogP contribution in [0.15, 0.2) is 48.5 Å². The summed E-state index contributed by atoms with van der Waals surface area (Å²) in [6.45, 7) is 3.20. The molecule has 4 nitrogen and oxygen atoms in total. The molecule has 1 fully saturated rings. The summed E-state index contributed by atoms with van der Waals surface area (Å²) in [5.74, 6) is -1.96. The molecule has 27 heavy (non-hydrogen) atoms. The number of aliphatic hydroxyl groups is 1. The highest BCUT2D eigenvalue weighted by Crippen LogP contribution is 2.33. The number of amides is 1. The van der Waals surface area contributed by atoms with Crippen LogP contribution in [-0.2, 0) is 10.3 Å². The van der Waals surface area contributed by atoms with E-state index in [0.29, 0.717) is 38.0 Å². The molecule has 3 rings (SSSR count). The number of piperidine rings is 1. The van der Waals surface area contributed by atoms with Gasteiger partial charge in [0.25, 0.3) is 0 Å². The summed E-state index contributed by atoms with van der Waals surface area (Å²) in [6, 6.07) is 13.4. The first-order valence-electron chi connectivity index (χ1n) is 9.09. The molecule has 0 radical (unpaired) electrons. The van der Waals surface area contributed by atoms with E-state index >= 15 is 0 Å². The van der Waals surface area contributed by atoms with Gasteiger partial charge in [-0.15, -0.1) is 0 Å². The maximum atomic E-state index is 13.4. The van der Waals surface area contributed by atoms with Crippen LogP contribution in [-0.4, -0.2) is 35.5 Å². The van der Waals surface area contributed by atoms with E-state index in [1.807, 2.05) is 30.3 Å². The van der Waals surface area contributed by atoms with Gasteiger partial charge >= 0.3 is 0 Å². The highest BCUT2D eigenvalue weighted by molar-refractivity contribution is 5.74. The van der Waals surface area contributed by atoms with Crippen molar-refractivity contribution >= 4 is 5.91 Å². The maximum Gasteiger partial charge on any atom is 0.217 e. The predicted octanol–water partition coefficient (Wildman–Crippen LogP) is 3.13. The third-order valence-corrected chi connectivity index (χ3v) is 5.21. The van der Waals surface area contributed by atoms with Crippen LogP contribution < -0.4 is 5.32 Å². The quantitative estimate of drug-likeness (QED) is 0.846. The molecular formula is C21H24F2N2O2. The van der Waals surface area contributed by atoms with E-state index in [9.17, 15) is 18.7 Å². The zero-order chi connectivity index (χ0) is 19.4. The second-order valence-electron chi connectivity index (χ2n) is 7.12. The summed E-state index contributed by atoms with van der Waals surface area (Å²) >= 11 is 0. The smallest absolute Gasteiger partial charge is 0.217 e. The Morgan fingerprint density at radius 1 is 1.15 bits per heavy atom. The number of aliphatic hydroxyl groups excluding tert-OH is 1. The van der Waals surface area contributed by atoms with Gasteiger partial charge in [-0.2, -0.15) is 0 Å². The topological polar surface area (TPSA) is 52.6 Å². The Labute approximate surface area is 157 Å². The molecule has 2 N–H and O–H groups in total. The summed E-state index contributed by atoms with van der Waals surface area (Å²) in [5.41, 5.74) is 1.01. The molecule has 1 saturated heterocycles. The van der Waals surface area contributed by atoms with Crippen molar-refractivity contribution in [1.82, 2.24) is 10.2 Å². The molecule has 1 aliphatic heterocycles. The minimum Gasteiger partial charge on any atom is -0.387 e. The number of halogens is 2. The third-order valence-electron chi connectivity index (χ3n) is 5.21. The van der Waals surface area contributed by atoms with Crippen LogP contribution in [0.5, 0.6) is 0 Å². The highest BCUT2D eigenvalue weighted by Gasteiger charge is 2.37. The van der Waals surface area contributed by atoms with Gasteiger partial charge in [0.2, 0.25) is 5.91 Å². The van der Waals surface area contributed by atoms with Gasteiger partial charge in [-0.05, 0) is 36.1 Å². The standard InChI is InChI=1S/C21H24F2N2O2/c1-15(26)24-21(17-5-3-2-4-6-17)9-11-25(12-10-21)14-20(27)16-7-8-18(22)19(23)13-16/h2-8,13,20,27H,9-12,14H2,1H3,(H,24,26). The Hall–Kier alpha value is -2.31. The van der Waals surface area contributed by atoms with Crippen molar-refractivity contribution in [2.24, 2.45) is 0 Å². The minimum atomic E-state index is -0.959. The Morgan fingerprint density at radius 2 is 1.81 bits per heavy atom. The molecule has 2 aromatic rings. The summed E-state index contributed by atoms with van der Waals surface area (Å²) < 4.78 is 26.5. The second-order valence-corrected chi connectivity index (χ2v) is 7.12. The molecule has 1 amide bonds. The number of benzene rings is 2. The zero-order valence-corrected chi connectivity index (χ0v) is 15.3. The van der Waals surface area contributed by atoms with Crippen LogP contribution >= 0.6 is 0 Å². The van der Waals surface area contributed by atoms with E-state index in [-0.39, 0.29) is 5.91 Å². The average molecular weight is 374 g/mol. The number of carbonyl (C=O) groups excluding carboxylic acids is 1. The Morgan fingerprint density at radius 3 is 2.41 bits per heavy atom. The highest BCUT2D eigenvalue weighted by atomic mass is 19.2. The van der Waals surface area contributed by atoms with Crippen LogP contribution in [0.4, 0.5) is 8.78 Å². The van der Waals surface area contributed by atoms with Gasteiger partial charge in [0, 0.05) is 26.6 Å². The first-order chi connectivity index (χ1) is 12.9. The second kappa shape index (κ2) is 8.15. The van der Waals surface area contributed by atoms with Gasteiger partial charge in [-0.25, -0.2) is 8.78 Å². The molecule has 0 spiro atoms. The molecule has 1 unspecified atom stereocenters. The fourth-order valence-electron chi connectivity index (χ4n) is 3.77. The minimum absolute atomic E-state index is 0.0749. The summed E-state index contributed by atoms with van der Waals surface area (Å²) in [5, 5.41) is 13.5. The van der Waals surface area contributed by atoms with Crippen molar-refractivity contribution in [2.75, 3.05) is 19.6 Å². The van der Waals surface area contributed by atoms with E-state index in [1.165, 1.54) is 13.0 Å². The van der Waals surface area contributed by atoms with E-state index in [4.69, 9.17) is 0 Å². The average Bonchev–Trinajstić information content (AvgIpc) is 2.66. The number of hydrogen-bond acceptors (Lipinski definition) is 3. The van der Waals surface area contributed by atoms with Gasteiger partial charge in [0.05, 0.1) is 11.6 Å². The largest absolute Gasteiger partial charge is 0.387 e. The van der Waals surface area contributed by atoms with Crippen molar-refractivity contribution in [1.29, 1.82) is 0 Å². The molecule has 1 aliphatic rings. The fourth-order valence-corrected chi connectivity index (χ4v) is 3.77. The van der Waals surface area contributed by atoms with Crippen LogP contribution in [0.1, 0.15) is 37.0 Å². The Bertz CT molecular complexity index is 790. The van der Waals surface area contributed by atoms with Crippen molar-refractivity contribution in [3.63, 3.8) is 0 Å². The normalized spacial score (nSPS) is 18.1. The molecule has 6 heteroatoms. The van der Waals surface area contributed by atoms with Gasteiger partial charge in [0.15, 0.2) is 11.6 Å². The molecule has 144 valence electrons. The molecule has 1 atom stereocenters. The van der Waals surface area contributed by atoms with E-state index in [2.05, 4.69) is 10.2 Å². The number of nitrogens with one attached hydrogen (secondary N) is 1. The lowest BCUT2D eigenvalue weighted by molar-refractivity contribution is -0.121. The summed E-state index contributed by atoms with van der Waals surface area (Å²) in [6.07, 6.45) is 0.521. The lowest BCUT2D eigenvalue weighted by Gasteiger charge is -2.43. The van der Waals surface area contributed by atoms with Gasteiger partial charge in [-0.1, -0.05) is 36.4 Å². The van der Waals surface area contributed by atoms with Crippen LogP contribution in [0.25, 0.3) is 0 Å². The predicted molar refractivity (Wildman–Crippen MR) is 98.9 cm³/mol. The van der Waals surface area contributed by atoms with Crippen molar-refractivity contribution in [2.45, 2.75) is 31.4 Å². The molecule has 0 bridgehead atoms. The number of carbonyl (C=O) groups is 1. The van der Waals surface area contributed by atoms with Crippen LogP contribution in [0.3, 0.4) is 0 Å². The van der Waals surface area contributed by atoms with Gasteiger partial charge < -0.3 is 15.3 Å². The SMILES string of the molecule is CC(=O)NC1(c2ccccc2)CCN(CC(O)c2ccc(F)c(F)c2)CC1. The van der Waals surface area contributed by atoms with E-state index in [0.717, 1.165) is 17.7 Å². The van der Waals surface area contributed by atoms with Crippen molar-refractivity contribution < 1.29 is 18.7 Å². The fraction of sp³-hybridized carbons (Fsp3) is 0.381. The van der Waals surface area contributed by atoms with Gasteiger partial charge in [0.1, 0.15) is 0 Å². The molecule has 0 saturated carbocycles.